The number of carbonyl (C=O) groups is 2. The highest BCUT2D eigenvalue weighted by molar-refractivity contribution is 5.82. The van der Waals surface area contributed by atoms with Crippen molar-refractivity contribution in [2.45, 2.75) is 6.42 Å². The van der Waals surface area contributed by atoms with Gasteiger partial charge in [0, 0.05) is 13.1 Å². The van der Waals surface area contributed by atoms with E-state index < -0.39 is 11.9 Å². The molecule has 0 bridgehead atoms. The number of carboxylic acids is 1. The van der Waals surface area contributed by atoms with Gasteiger partial charge in [-0.05, 0) is 17.7 Å². The van der Waals surface area contributed by atoms with E-state index in [9.17, 15) is 14.7 Å². The molecule has 1 heterocycles. The molecule has 17 heavy (non-hydrogen) atoms. The maximum atomic E-state index is 11.7. The Morgan fingerprint density at radius 2 is 2.06 bits per heavy atom. The number of carboxylic acid groups (broad SMARTS) is 1. The third-order valence-electron chi connectivity index (χ3n) is 2.85. The largest absolute Gasteiger partial charge is 0.508 e. The number of benzene rings is 1. The molecular formula is C12H13NO4. The van der Waals surface area contributed by atoms with Crippen LogP contribution in [0.15, 0.2) is 24.3 Å². The van der Waals surface area contributed by atoms with Crippen LogP contribution in [0.4, 0.5) is 0 Å². The Balaban J connectivity index is 1.89. The minimum Gasteiger partial charge on any atom is -0.508 e. The van der Waals surface area contributed by atoms with E-state index in [1.54, 1.807) is 12.1 Å². The molecule has 0 aliphatic carbocycles. The molecule has 5 heteroatoms. The van der Waals surface area contributed by atoms with Gasteiger partial charge >= 0.3 is 5.97 Å². The van der Waals surface area contributed by atoms with E-state index in [-0.39, 0.29) is 31.2 Å². The van der Waals surface area contributed by atoms with Crippen LogP contribution in [-0.2, 0) is 16.0 Å². The maximum Gasteiger partial charge on any atom is 0.310 e. The van der Waals surface area contributed by atoms with Crippen LogP contribution < -0.4 is 0 Å². The van der Waals surface area contributed by atoms with Crippen molar-refractivity contribution in [2.24, 2.45) is 5.92 Å². The molecule has 0 unspecified atom stereocenters. The molecule has 5 nitrogen and oxygen atoms in total. The highest BCUT2D eigenvalue weighted by Crippen LogP contribution is 2.18. The van der Waals surface area contributed by atoms with Gasteiger partial charge in [-0.1, -0.05) is 12.1 Å². The third kappa shape index (κ3) is 2.55. The standard InChI is InChI=1S/C12H13NO4/c14-10-3-1-2-8(4-10)5-11(15)13-6-9(7-13)12(16)17/h1-4,9,14H,5-7H2,(H,16,17). The summed E-state index contributed by atoms with van der Waals surface area (Å²) in [6.07, 6.45) is 0.195. The van der Waals surface area contributed by atoms with Gasteiger partial charge in [0.15, 0.2) is 0 Å². The van der Waals surface area contributed by atoms with E-state index in [1.165, 1.54) is 17.0 Å². The normalized spacial score (nSPS) is 15.4. The molecular weight excluding hydrogens is 222 g/mol. The lowest BCUT2D eigenvalue weighted by Gasteiger charge is -2.36. The van der Waals surface area contributed by atoms with E-state index in [0.29, 0.717) is 0 Å². The van der Waals surface area contributed by atoms with E-state index >= 15 is 0 Å². The first-order chi connectivity index (χ1) is 8.06. The highest BCUT2D eigenvalue weighted by atomic mass is 16.4. The number of nitrogens with zero attached hydrogens (tertiary/aromatic N) is 1. The Labute approximate surface area is 98.3 Å². The molecule has 2 rings (SSSR count). The zero-order valence-corrected chi connectivity index (χ0v) is 9.17. The minimum absolute atomic E-state index is 0.104. The Hall–Kier alpha value is -2.04. The number of phenolic OH excluding ortho intramolecular Hbond substituents is 1. The van der Waals surface area contributed by atoms with Crippen molar-refractivity contribution in [3.8, 4) is 5.75 Å². The summed E-state index contributed by atoms with van der Waals surface area (Å²) >= 11 is 0. The summed E-state index contributed by atoms with van der Waals surface area (Å²) in [6.45, 7) is 0.569. The van der Waals surface area contributed by atoms with Crippen molar-refractivity contribution in [3.63, 3.8) is 0 Å². The van der Waals surface area contributed by atoms with Gasteiger partial charge in [-0.2, -0.15) is 0 Å². The summed E-state index contributed by atoms with van der Waals surface area (Å²) in [5.74, 6) is -1.26. The van der Waals surface area contributed by atoms with Crippen LogP contribution in [0.3, 0.4) is 0 Å². The van der Waals surface area contributed by atoms with Gasteiger partial charge < -0.3 is 15.1 Å². The number of rotatable bonds is 3. The predicted molar refractivity (Wildman–Crippen MR) is 59.5 cm³/mol. The lowest BCUT2D eigenvalue weighted by molar-refractivity contribution is -0.152. The van der Waals surface area contributed by atoms with Gasteiger partial charge in [0.05, 0.1) is 12.3 Å². The first kappa shape index (κ1) is 11.4. The molecule has 1 aliphatic heterocycles. The van der Waals surface area contributed by atoms with E-state index in [1.807, 2.05) is 0 Å². The molecule has 1 amide bonds. The third-order valence-corrected chi connectivity index (χ3v) is 2.85. The molecule has 0 aromatic heterocycles. The molecule has 90 valence electrons. The van der Waals surface area contributed by atoms with E-state index in [2.05, 4.69) is 0 Å². The van der Waals surface area contributed by atoms with Crippen LogP contribution in [0.25, 0.3) is 0 Å². The van der Waals surface area contributed by atoms with E-state index in [4.69, 9.17) is 5.11 Å². The van der Waals surface area contributed by atoms with Crippen LogP contribution in [-0.4, -0.2) is 40.1 Å². The first-order valence-corrected chi connectivity index (χ1v) is 5.35. The van der Waals surface area contributed by atoms with Crippen LogP contribution in [0.5, 0.6) is 5.75 Å². The topological polar surface area (TPSA) is 77.8 Å². The average Bonchev–Trinajstić information content (AvgIpc) is 2.13. The Bertz CT molecular complexity index is 452. The lowest BCUT2D eigenvalue weighted by atomic mass is 9.99. The Morgan fingerprint density at radius 1 is 1.35 bits per heavy atom. The monoisotopic (exact) mass is 235 g/mol. The van der Waals surface area contributed by atoms with Gasteiger partial charge in [0.25, 0.3) is 0 Å². The fourth-order valence-corrected chi connectivity index (χ4v) is 1.79. The number of aliphatic carboxylic acids is 1. The van der Waals surface area contributed by atoms with Crippen molar-refractivity contribution in [1.29, 1.82) is 0 Å². The van der Waals surface area contributed by atoms with Gasteiger partial charge in [0.1, 0.15) is 5.75 Å². The number of aromatic hydroxyl groups is 1. The predicted octanol–water partition coefficient (Wildman–Crippen LogP) is 0.478. The number of carbonyl (C=O) groups excluding carboxylic acids is 1. The zero-order valence-electron chi connectivity index (χ0n) is 9.17. The van der Waals surface area contributed by atoms with Gasteiger partial charge in [0.2, 0.25) is 5.91 Å². The first-order valence-electron chi connectivity index (χ1n) is 5.35. The van der Waals surface area contributed by atoms with Crippen molar-refractivity contribution < 1.29 is 19.8 Å². The number of phenols is 1. The number of hydrogen-bond acceptors (Lipinski definition) is 3. The fraction of sp³-hybridized carbons (Fsp3) is 0.333. The number of hydrogen-bond donors (Lipinski definition) is 2. The molecule has 0 saturated carbocycles. The van der Waals surface area contributed by atoms with Crippen LogP contribution in [0.2, 0.25) is 0 Å². The highest BCUT2D eigenvalue weighted by Gasteiger charge is 2.35. The molecule has 0 spiro atoms. The molecule has 1 saturated heterocycles. The summed E-state index contributed by atoms with van der Waals surface area (Å²) in [6, 6.07) is 6.50. The second-order valence-corrected chi connectivity index (χ2v) is 4.18. The van der Waals surface area contributed by atoms with Crippen molar-refractivity contribution in [3.05, 3.63) is 29.8 Å². The smallest absolute Gasteiger partial charge is 0.310 e. The molecule has 1 aliphatic rings. The SMILES string of the molecule is O=C(O)C1CN(C(=O)Cc2cccc(O)c2)C1. The molecule has 0 atom stereocenters. The molecule has 1 aromatic carbocycles. The second kappa shape index (κ2) is 4.45. The Morgan fingerprint density at radius 3 is 2.65 bits per heavy atom. The zero-order chi connectivity index (χ0) is 12.4. The molecule has 1 fully saturated rings. The fourth-order valence-electron chi connectivity index (χ4n) is 1.79. The number of amides is 1. The lowest BCUT2D eigenvalue weighted by Crippen LogP contribution is -2.53. The van der Waals surface area contributed by atoms with Crippen molar-refractivity contribution >= 4 is 11.9 Å². The summed E-state index contributed by atoms with van der Waals surface area (Å²) < 4.78 is 0. The van der Waals surface area contributed by atoms with Gasteiger partial charge in [-0.25, -0.2) is 0 Å². The molecule has 2 N–H and O–H groups in total. The van der Waals surface area contributed by atoms with Gasteiger partial charge in [-0.3, -0.25) is 9.59 Å². The van der Waals surface area contributed by atoms with Crippen LogP contribution >= 0.6 is 0 Å². The van der Waals surface area contributed by atoms with Crippen molar-refractivity contribution in [2.75, 3.05) is 13.1 Å². The van der Waals surface area contributed by atoms with Crippen LogP contribution in [0, 0.1) is 5.92 Å². The summed E-state index contributed by atoms with van der Waals surface area (Å²) in [5.41, 5.74) is 0.730. The minimum atomic E-state index is -0.855. The van der Waals surface area contributed by atoms with Crippen molar-refractivity contribution in [1.82, 2.24) is 4.90 Å². The van der Waals surface area contributed by atoms with Gasteiger partial charge in [-0.15, -0.1) is 0 Å². The second-order valence-electron chi connectivity index (χ2n) is 4.18. The Kier molecular flexibility index (Phi) is 2.99. The molecule has 1 aromatic rings. The quantitative estimate of drug-likeness (QED) is 0.798. The van der Waals surface area contributed by atoms with Crippen LogP contribution in [0.1, 0.15) is 5.56 Å². The summed E-state index contributed by atoms with van der Waals surface area (Å²) in [4.78, 5) is 23.8. The summed E-state index contributed by atoms with van der Waals surface area (Å²) in [5, 5.41) is 17.9. The average molecular weight is 235 g/mol. The summed E-state index contributed by atoms with van der Waals surface area (Å²) in [7, 11) is 0. The van der Waals surface area contributed by atoms with E-state index in [0.717, 1.165) is 5.56 Å². The maximum absolute atomic E-state index is 11.7. The molecule has 0 radical (unpaired) electrons. The number of likely N-dealkylation sites (tertiary alicyclic amines) is 1.